The lowest BCUT2D eigenvalue weighted by atomic mass is 10.1. The first-order chi connectivity index (χ1) is 14.3. The van der Waals surface area contributed by atoms with Gasteiger partial charge in [0.1, 0.15) is 0 Å². The van der Waals surface area contributed by atoms with Crippen LogP contribution in [0.2, 0.25) is 0 Å². The fraction of sp³-hybridized carbons (Fsp3) is 0.810. The number of hydrogen-bond donors (Lipinski definition) is 4. The molecule has 0 aromatic heterocycles. The zero-order chi connectivity index (χ0) is 22.9. The van der Waals surface area contributed by atoms with Gasteiger partial charge >= 0.3 is 16.4 Å². The number of rotatable bonds is 15. The van der Waals surface area contributed by atoms with Crippen LogP contribution in [0.4, 0.5) is 0 Å². The van der Waals surface area contributed by atoms with Crippen LogP contribution in [-0.2, 0) is 15.2 Å². The van der Waals surface area contributed by atoms with Gasteiger partial charge in [0.05, 0.1) is 12.9 Å². The van der Waals surface area contributed by atoms with Crippen LogP contribution >= 0.6 is 0 Å². The average Bonchev–Trinajstić information content (AvgIpc) is 3.23. The summed E-state index contributed by atoms with van der Waals surface area (Å²) in [7, 11) is -4.67. The first-order valence-corrected chi connectivity index (χ1v) is 12.5. The van der Waals surface area contributed by atoms with Gasteiger partial charge in [0.25, 0.3) is 0 Å². The van der Waals surface area contributed by atoms with Crippen molar-refractivity contribution in [2.45, 2.75) is 96.8 Å². The van der Waals surface area contributed by atoms with Crippen molar-refractivity contribution in [3.8, 4) is 0 Å². The normalized spacial score (nSPS) is 12.6. The molecule has 0 saturated carbocycles. The summed E-state index contributed by atoms with van der Waals surface area (Å²) in [5.41, 5.74) is 0. The number of aliphatic imine (C=N–C) groups is 1. The minimum atomic E-state index is -4.67. The fourth-order valence-corrected chi connectivity index (χ4v) is 2.67. The van der Waals surface area contributed by atoms with E-state index in [1.165, 1.54) is 70.6 Å². The number of carbonyl (C=O) groups is 1. The predicted molar refractivity (Wildman–Crippen MR) is 123 cm³/mol. The molecule has 1 aliphatic heterocycles. The number of aliphatic carboxylic acids is 1. The Labute approximate surface area is 182 Å². The van der Waals surface area contributed by atoms with Crippen molar-refractivity contribution in [1.29, 1.82) is 0 Å². The van der Waals surface area contributed by atoms with Gasteiger partial charge in [0.15, 0.2) is 0 Å². The van der Waals surface area contributed by atoms with Crippen LogP contribution in [0, 0.1) is 0 Å². The fourth-order valence-electron chi connectivity index (χ4n) is 2.67. The van der Waals surface area contributed by atoms with Gasteiger partial charge in [-0.1, -0.05) is 70.4 Å². The van der Waals surface area contributed by atoms with Crippen LogP contribution in [0.15, 0.2) is 17.1 Å². The Balaban J connectivity index is 0. The molecule has 0 spiro atoms. The maximum Gasteiger partial charge on any atom is 0.394 e. The van der Waals surface area contributed by atoms with Crippen molar-refractivity contribution in [3.63, 3.8) is 0 Å². The highest BCUT2D eigenvalue weighted by atomic mass is 32.3. The molecule has 0 amide bonds. The lowest BCUT2D eigenvalue weighted by Gasteiger charge is -1.99. The standard InChI is InChI=1S/C18H34O2.C3H6N2.H2O4S/c1-2-3-4-5-6-7-8-9-10-11-12-13-14-15-16-17-18(19)20;1-2-5-3-4-1;1-5(2,3)4/h9-10H,2-8,11-17H2,1H3,(H,19,20);3H,1-2H2,(H,4,5);(H2,1,2,3,4)/b10-9-;;. The number of nitrogens with one attached hydrogen (secondary N) is 1. The van der Waals surface area contributed by atoms with E-state index in [0.29, 0.717) is 6.42 Å². The van der Waals surface area contributed by atoms with E-state index in [9.17, 15) is 4.79 Å². The molecule has 1 heterocycles. The van der Waals surface area contributed by atoms with Gasteiger partial charge in [-0.3, -0.25) is 18.9 Å². The molecule has 30 heavy (non-hydrogen) atoms. The molecule has 8 nitrogen and oxygen atoms in total. The molecule has 0 unspecified atom stereocenters. The highest BCUT2D eigenvalue weighted by Crippen LogP contribution is 2.09. The molecule has 0 aromatic carbocycles. The minimum Gasteiger partial charge on any atom is -0.481 e. The molecule has 1 aliphatic rings. The SMILES string of the molecule is C1=NCCN1.CCCCCCCC/C=C\CCCCCCCC(=O)O.O=S(=O)(O)O. The number of allylic oxidation sites excluding steroid dienone is 2. The molecule has 178 valence electrons. The van der Waals surface area contributed by atoms with E-state index in [1.54, 1.807) is 6.34 Å². The summed E-state index contributed by atoms with van der Waals surface area (Å²) >= 11 is 0. The molecule has 0 aromatic rings. The molecular weight excluding hydrogens is 408 g/mol. The Bertz CT molecular complexity index is 522. The molecule has 0 aliphatic carbocycles. The van der Waals surface area contributed by atoms with E-state index in [-0.39, 0.29) is 0 Å². The number of unbranched alkanes of at least 4 members (excludes halogenated alkanes) is 11. The molecular formula is C21H42N2O6S. The average molecular weight is 451 g/mol. The topological polar surface area (TPSA) is 136 Å². The van der Waals surface area contributed by atoms with E-state index in [2.05, 4.69) is 29.4 Å². The third-order valence-electron chi connectivity index (χ3n) is 4.22. The molecule has 9 heteroatoms. The molecule has 0 saturated heterocycles. The molecule has 0 radical (unpaired) electrons. The second kappa shape index (κ2) is 23.8. The van der Waals surface area contributed by atoms with Gasteiger partial charge in [-0.25, -0.2) is 0 Å². The van der Waals surface area contributed by atoms with E-state index in [4.69, 9.17) is 22.6 Å². The zero-order valence-electron chi connectivity index (χ0n) is 18.5. The number of nitrogens with zero attached hydrogens (tertiary/aromatic N) is 1. The number of hydrogen-bond acceptors (Lipinski definition) is 5. The Kier molecular flexibility index (Phi) is 24.4. The van der Waals surface area contributed by atoms with Crippen LogP contribution in [0.25, 0.3) is 0 Å². The van der Waals surface area contributed by atoms with E-state index in [1.807, 2.05) is 0 Å². The van der Waals surface area contributed by atoms with Gasteiger partial charge in [-0.2, -0.15) is 8.42 Å². The summed E-state index contributed by atoms with van der Waals surface area (Å²) in [6.45, 7) is 4.24. The van der Waals surface area contributed by atoms with Crippen LogP contribution in [-0.4, -0.2) is 48.0 Å². The summed E-state index contributed by atoms with van der Waals surface area (Å²) < 4.78 is 31.6. The Morgan fingerprint density at radius 1 is 0.933 bits per heavy atom. The summed E-state index contributed by atoms with van der Waals surface area (Å²) in [4.78, 5) is 14.2. The highest BCUT2D eigenvalue weighted by molar-refractivity contribution is 7.79. The Morgan fingerprint density at radius 3 is 1.77 bits per heavy atom. The van der Waals surface area contributed by atoms with Gasteiger partial charge in [0.2, 0.25) is 0 Å². The third-order valence-corrected chi connectivity index (χ3v) is 4.22. The van der Waals surface area contributed by atoms with Crippen LogP contribution in [0.3, 0.4) is 0 Å². The van der Waals surface area contributed by atoms with Crippen molar-refractivity contribution in [2.75, 3.05) is 13.1 Å². The number of carboxylic acids is 1. The summed E-state index contributed by atoms with van der Waals surface area (Å²) in [6, 6.07) is 0. The monoisotopic (exact) mass is 450 g/mol. The van der Waals surface area contributed by atoms with Crippen molar-refractivity contribution < 1.29 is 27.4 Å². The summed E-state index contributed by atoms with van der Waals surface area (Å²) in [5, 5.41) is 11.4. The summed E-state index contributed by atoms with van der Waals surface area (Å²) in [6.07, 6.45) is 23.0. The van der Waals surface area contributed by atoms with Crippen LogP contribution in [0.5, 0.6) is 0 Å². The van der Waals surface area contributed by atoms with Crippen LogP contribution in [0.1, 0.15) is 96.8 Å². The lowest BCUT2D eigenvalue weighted by Crippen LogP contribution is -2.04. The first-order valence-electron chi connectivity index (χ1n) is 11.1. The lowest BCUT2D eigenvalue weighted by molar-refractivity contribution is -0.137. The van der Waals surface area contributed by atoms with Crippen LogP contribution < -0.4 is 5.32 Å². The molecule has 0 fully saturated rings. The van der Waals surface area contributed by atoms with Crippen molar-refractivity contribution in [1.82, 2.24) is 5.32 Å². The van der Waals surface area contributed by atoms with Crippen molar-refractivity contribution in [2.24, 2.45) is 4.99 Å². The Morgan fingerprint density at radius 2 is 1.40 bits per heavy atom. The molecule has 0 atom stereocenters. The maximum atomic E-state index is 10.3. The van der Waals surface area contributed by atoms with Gasteiger partial charge in [-0.15, -0.1) is 0 Å². The van der Waals surface area contributed by atoms with Crippen molar-refractivity contribution in [3.05, 3.63) is 12.2 Å². The maximum absolute atomic E-state index is 10.3. The second-order valence-corrected chi connectivity index (χ2v) is 8.06. The predicted octanol–water partition coefficient (Wildman–Crippen LogP) is 5.07. The minimum absolute atomic E-state index is 0.332. The second-order valence-electron chi connectivity index (χ2n) is 7.17. The highest BCUT2D eigenvalue weighted by Gasteiger charge is 1.95. The van der Waals surface area contributed by atoms with E-state index >= 15 is 0 Å². The molecule has 1 rings (SSSR count). The number of carboxylic acid groups (broad SMARTS) is 1. The van der Waals surface area contributed by atoms with E-state index < -0.39 is 16.4 Å². The van der Waals surface area contributed by atoms with Gasteiger partial charge < -0.3 is 10.4 Å². The van der Waals surface area contributed by atoms with Gasteiger partial charge in [-0.05, 0) is 32.1 Å². The molecule has 4 N–H and O–H groups in total. The first kappa shape index (κ1) is 30.7. The summed E-state index contributed by atoms with van der Waals surface area (Å²) in [5.74, 6) is -0.664. The largest absolute Gasteiger partial charge is 0.481 e. The third kappa shape index (κ3) is 41.0. The quantitative estimate of drug-likeness (QED) is 0.155. The smallest absolute Gasteiger partial charge is 0.394 e. The Hall–Kier alpha value is -1.45. The van der Waals surface area contributed by atoms with Gasteiger partial charge in [0, 0.05) is 13.0 Å². The van der Waals surface area contributed by atoms with Crippen molar-refractivity contribution >= 4 is 22.7 Å². The zero-order valence-corrected chi connectivity index (χ0v) is 19.3. The van der Waals surface area contributed by atoms with E-state index in [0.717, 1.165) is 25.9 Å². The molecule has 0 bridgehead atoms.